The van der Waals surface area contributed by atoms with Crippen LogP contribution in [-0.2, 0) is 0 Å². The van der Waals surface area contributed by atoms with E-state index in [0.29, 0.717) is 0 Å². The minimum atomic E-state index is -0.0728. The Morgan fingerprint density at radius 3 is 2.71 bits per heavy atom. The first-order valence-electron chi connectivity index (χ1n) is 4.74. The second-order valence-electron chi connectivity index (χ2n) is 3.49. The van der Waals surface area contributed by atoms with Gasteiger partial charge in [0.1, 0.15) is 0 Å². The summed E-state index contributed by atoms with van der Waals surface area (Å²) in [6.07, 6.45) is 1.71. The van der Waals surface area contributed by atoms with Crippen LogP contribution in [-0.4, -0.2) is 17.8 Å². The lowest BCUT2D eigenvalue weighted by Gasteiger charge is -2.15. The number of aliphatic hydroxyl groups is 1. The van der Waals surface area contributed by atoms with Gasteiger partial charge in [-0.1, -0.05) is 23.8 Å². The van der Waals surface area contributed by atoms with E-state index in [2.05, 4.69) is 24.9 Å². The summed E-state index contributed by atoms with van der Waals surface area (Å²) in [5, 5.41) is 12.2. The van der Waals surface area contributed by atoms with Crippen LogP contribution in [0.15, 0.2) is 30.9 Å². The van der Waals surface area contributed by atoms with E-state index in [1.54, 1.807) is 6.08 Å². The van der Waals surface area contributed by atoms with E-state index in [4.69, 9.17) is 5.11 Å². The molecule has 0 spiro atoms. The summed E-state index contributed by atoms with van der Waals surface area (Å²) < 4.78 is 0. The first-order valence-corrected chi connectivity index (χ1v) is 4.74. The lowest BCUT2D eigenvalue weighted by Crippen LogP contribution is -2.21. The first-order chi connectivity index (χ1) is 6.67. The molecule has 14 heavy (non-hydrogen) atoms. The van der Waals surface area contributed by atoms with Crippen molar-refractivity contribution in [2.45, 2.75) is 19.9 Å². The van der Waals surface area contributed by atoms with Gasteiger partial charge in [0, 0.05) is 5.69 Å². The normalized spacial score (nSPS) is 12.2. The molecule has 1 atom stereocenters. The van der Waals surface area contributed by atoms with Gasteiger partial charge in [-0.2, -0.15) is 0 Å². The Labute approximate surface area is 85.3 Å². The van der Waals surface area contributed by atoms with Crippen molar-refractivity contribution < 1.29 is 5.11 Å². The molecule has 0 aliphatic heterocycles. The first kappa shape index (κ1) is 10.8. The van der Waals surface area contributed by atoms with Crippen LogP contribution in [0.1, 0.15) is 11.1 Å². The smallest absolute Gasteiger partial charge is 0.0673 e. The highest BCUT2D eigenvalue weighted by molar-refractivity contribution is 5.53. The number of anilines is 1. The van der Waals surface area contributed by atoms with Crippen molar-refractivity contribution in [1.82, 2.24) is 0 Å². The second kappa shape index (κ2) is 4.82. The van der Waals surface area contributed by atoms with Crippen LogP contribution < -0.4 is 5.32 Å². The van der Waals surface area contributed by atoms with E-state index >= 15 is 0 Å². The number of rotatable bonds is 4. The average Bonchev–Trinajstić information content (AvgIpc) is 2.17. The lowest BCUT2D eigenvalue weighted by molar-refractivity contribution is 0.291. The standard InChI is InChI=1S/C12H17NO/c1-4-11(8-14)13-12-6-5-9(2)7-10(12)3/h4-7,11,13-14H,1,8H2,2-3H3. The summed E-state index contributed by atoms with van der Waals surface area (Å²) >= 11 is 0. The molecule has 2 heteroatoms. The SMILES string of the molecule is C=CC(CO)Nc1ccc(C)cc1C. The molecule has 1 rings (SSSR count). The number of hydrogen-bond donors (Lipinski definition) is 2. The van der Waals surface area contributed by atoms with Crippen molar-refractivity contribution in [2.75, 3.05) is 11.9 Å². The van der Waals surface area contributed by atoms with Gasteiger partial charge in [0.25, 0.3) is 0 Å². The topological polar surface area (TPSA) is 32.3 Å². The van der Waals surface area contributed by atoms with E-state index in [9.17, 15) is 0 Å². The van der Waals surface area contributed by atoms with E-state index in [0.717, 1.165) is 5.69 Å². The van der Waals surface area contributed by atoms with Gasteiger partial charge in [0.15, 0.2) is 0 Å². The molecule has 0 saturated carbocycles. The van der Waals surface area contributed by atoms with Crippen LogP contribution in [0.2, 0.25) is 0 Å². The quantitative estimate of drug-likeness (QED) is 0.715. The third kappa shape index (κ3) is 2.60. The molecule has 0 aliphatic rings. The highest BCUT2D eigenvalue weighted by Crippen LogP contribution is 2.16. The Kier molecular flexibility index (Phi) is 3.72. The van der Waals surface area contributed by atoms with Crippen LogP contribution in [0.4, 0.5) is 5.69 Å². The van der Waals surface area contributed by atoms with Crippen molar-refractivity contribution in [1.29, 1.82) is 0 Å². The maximum atomic E-state index is 9.00. The molecule has 0 amide bonds. The molecule has 1 aromatic carbocycles. The van der Waals surface area contributed by atoms with Gasteiger partial charge in [-0.25, -0.2) is 0 Å². The van der Waals surface area contributed by atoms with E-state index in [-0.39, 0.29) is 12.6 Å². The van der Waals surface area contributed by atoms with Crippen molar-refractivity contribution in [3.8, 4) is 0 Å². The molecule has 76 valence electrons. The maximum Gasteiger partial charge on any atom is 0.0673 e. The number of nitrogens with one attached hydrogen (secondary N) is 1. The van der Waals surface area contributed by atoms with Crippen LogP contribution in [0.5, 0.6) is 0 Å². The minimum Gasteiger partial charge on any atom is -0.394 e. The van der Waals surface area contributed by atoms with E-state index in [1.165, 1.54) is 11.1 Å². The molecule has 0 heterocycles. The third-order valence-corrected chi connectivity index (χ3v) is 2.20. The van der Waals surface area contributed by atoms with Gasteiger partial charge in [-0.05, 0) is 25.5 Å². The molecule has 1 aromatic rings. The second-order valence-corrected chi connectivity index (χ2v) is 3.49. The van der Waals surface area contributed by atoms with Gasteiger partial charge < -0.3 is 10.4 Å². The van der Waals surface area contributed by atoms with Gasteiger partial charge >= 0.3 is 0 Å². The summed E-state index contributed by atoms with van der Waals surface area (Å²) in [4.78, 5) is 0. The van der Waals surface area contributed by atoms with Crippen molar-refractivity contribution in [2.24, 2.45) is 0 Å². The molecular weight excluding hydrogens is 174 g/mol. The maximum absolute atomic E-state index is 9.00. The number of hydrogen-bond acceptors (Lipinski definition) is 2. The largest absolute Gasteiger partial charge is 0.394 e. The molecule has 0 fully saturated rings. The van der Waals surface area contributed by atoms with E-state index < -0.39 is 0 Å². The van der Waals surface area contributed by atoms with Gasteiger partial charge in [0.05, 0.1) is 12.6 Å². The molecule has 2 N–H and O–H groups in total. The highest BCUT2D eigenvalue weighted by Gasteiger charge is 2.03. The Morgan fingerprint density at radius 1 is 1.50 bits per heavy atom. The van der Waals surface area contributed by atoms with Gasteiger partial charge in [0.2, 0.25) is 0 Å². The predicted octanol–water partition coefficient (Wildman–Crippen LogP) is 2.26. The Bertz CT molecular complexity index is 320. The summed E-state index contributed by atoms with van der Waals surface area (Å²) in [5.41, 5.74) is 3.48. The Morgan fingerprint density at radius 2 is 2.21 bits per heavy atom. The van der Waals surface area contributed by atoms with Crippen molar-refractivity contribution in [3.05, 3.63) is 42.0 Å². The third-order valence-electron chi connectivity index (χ3n) is 2.20. The van der Waals surface area contributed by atoms with Crippen LogP contribution in [0, 0.1) is 13.8 Å². The monoisotopic (exact) mass is 191 g/mol. The number of aryl methyl sites for hydroxylation is 2. The highest BCUT2D eigenvalue weighted by atomic mass is 16.3. The molecule has 0 aliphatic carbocycles. The number of aliphatic hydroxyl groups excluding tert-OH is 1. The van der Waals surface area contributed by atoms with Gasteiger partial charge in [-0.15, -0.1) is 6.58 Å². The number of benzene rings is 1. The minimum absolute atomic E-state index is 0.0663. The fraction of sp³-hybridized carbons (Fsp3) is 0.333. The van der Waals surface area contributed by atoms with E-state index in [1.807, 2.05) is 19.1 Å². The Balaban J connectivity index is 2.80. The predicted molar refractivity (Wildman–Crippen MR) is 60.6 cm³/mol. The molecule has 2 nitrogen and oxygen atoms in total. The van der Waals surface area contributed by atoms with Crippen molar-refractivity contribution >= 4 is 5.69 Å². The fourth-order valence-electron chi connectivity index (χ4n) is 1.35. The molecular formula is C12H17NO. The molecule has 0 saturated heterocycles. The van der Waals surface area contributed by atoms with Crippen molar-refractivity contribution in [3.63, 3.8) is 0 Å². The average molecular weight is 191 g/mol. The van der Waals surface area contributed by atoms with Crippen LogP contribution in [0.3, 0.4) is 0 Å². The summed E-state index contributed by atoms with van der Waals surface area (Å²) in [7, 11) is 0. The van der Waals surface area contributed by atoms with Gasteiger partial charge in [-0.3, -0.25) is 0 Å². The summed E-state index contributed by atoms with van der Waals surface area (Å²) in [6, 6.07) is 6.11. The summed E-state index contributed by atoms with van der Waals surface area (Å²) in [6.45, 7) is 7.83. The molecule has 0 aromatic heterocycles. The van der Waals surface area contributed by atoms with Crippen LogP contribution >= 0.6 is 0 Å². The zero-order valence-corrected chi connectivity index (χ0v) is 8.75. The Hall–Kier alpha value is -1.28. The molecule has 1 unspecified atom stereocenters. The zero-order chi connectivity index (χ0) is 10.6. The zero-order valence-electron chi connectivity index (χ0n) is 8.75. The molecule has 0 radical (unpaired) electrons. The molecule has 0 bridgehead atoms. The lowest BCUT2D eigenvalue weighted by atomic mass is 10.1. The summed E-state index contributed by atoms with van der Waals surface area (Å²) in [5.74, 6) is 0. The fourth-order valence-corrected chi connectivity index (χ4v) is 1.35. The van der Waals surface area contributed by atoms with Crippen LogP contribution in [0.25, 0.3) is 0 Å².